The summed E-state index contributed by atoms with van der Waals surface area (Å²) in [5, 5.41) is 14.1. The van der Waals surface area contributed by atoms with E-state index in [9.17, 15) is 9.59 Å². The third-order valence-electron chi connectivity index (χ3n) is 3.05. The highest BCUT2D eigenvalue weighted by Gasteiger charge is 2.06. The standard InChI is InChI=1S/C16H17N3O3/c17-10-12-3-1-2-4-14(12)19-16(22)18-13-7-5-11(6-8-13)9-15(20)21/h1-8H,9-10,17H2,(H,20,21)(H2,18,19,22). The second-order valence-electron chi connectivity index (χ2n) is 4.71. The number of hydrogen-bond donors (Lipinski definition) is 4. The van der Waals surface area contributed by atoms with E-state index in [1.54, 1.807) is 30.3 Å². The van der Waals surface area contributed by atoms with Gasteiger partial charge in [-0.2, -0.15) is 0 Å². The Kier molecular flexibility index (Phi) is 5.11. The second kappa shape index (κ2) is 7.24. The van der Waals surface area contributed by atoms with Crippen molar-refractivity contribution in [1.29, 1.82) is 0 Å². The fraction of sp³-hybridized carbons (Fsp3) is 0.125. The summed E-state index contributed by atoms with van der Waals surface area (Å²) in [5.74, 6) is -0.892. The maximum atomic E-state index is 12.0. The third-order valence-corrected chi connectivity index (χ3v) is 3.05. The maximum absolute atomic E-state index is 12.0. The van der Waals surface area contributed by atoms with Crippen LogP contribution in [0.25, 0.3) is 0 Å². The Balaban J connectivity index is 1.98. The fourth-order valence-corrected chi connectivity index (χ4v) is 1.99. The van der Waals surface area contributed by atoms with Crippen LogP contribution in [0.5, 0.6) is 0 Å². The first kappa shape index (κ1) is 15.5. The number of nitrogens with one attached hydrogen (secondary N) is 2. The summed E-state index contributed by atoms with van der Waals surface area (Å²) in [6.45, 7) is 0.334. The first-order valence-electron chi connectivity index (χ1n) is 6.75. The van der Waals surface area contributed by atoms with E-state index in [4.69, 9.17) is 10.8 Å². The molecule has 0 atom stereocenters. The number of para-hydroxylation sites is 1. The lowest BCUT2D eigenvalue weighted by atomic mass is 10.1. The Morgan fingerprint density at radius 2 is 1.68 bits per heavy atom. The van der Waals surface area contributed by atoms with Crippen LogP contribution in [0, 0.1) is 0 Å². The molecule has 0 bridgehead atoms. The van der Waals surface area contributed by atoms with Gasteiger partial charge >= 0.3 is 12.0 Å². The zero-order valence-electron chi connectivity index (χ0n) is 11.9. The van der Waals surface area contributed by atoms with Gasteiger partial charge in [0.05, 0.1) is 6.42 Å². The minimum absolute atomic E-state index is 0.0453. The predicted octanol–water partition coefficient (Wildman–Crippen LogP) is 2.42. The third kappa shape index (κ3) is 4.32. The van der Waals surface area contributed by atoms with Crippen LogP contribution < -0.4 is 16.4 Å². The number of carbonyl (C=O) groups excluding carboxylic acids is 1. The number of rotatable bonds is 5. The van der Waals surface area contributed by atoms with Crippen molar-refractivity contribution in [2.75, 3.05) is 10.6 Å². The van der Waals surface area contributed by atoms with E-state index in [0.717, 1.165) is 5.56 Å². The van der Waals surface area contributed by atoms with Gasteiger partial charge in [0.1, 0.15) is 0 Å². The van der Waals surface area contributed by atoms with Crippen molar-refractivity contribution < 1.29 is 14.7 Å². The number of amides is 2. The van der Waals surface area contributed by atoms with Crippen LogP contribution in [0.4, 0.5) is 16.2 Å². The topological polar surface area (TPSA) is 104 Å². The highest BCUT2D eigenvalue weighted by atomic mass is 16.4. The summed E-state index contributed by atoms with van der Waals surface area (Å²) in [5.41, 5.74) is 8.37. The van der Waals surface area contributed by atoms with Crippen LogP contribution in [0.2, 0.25) is 0 Å². The minimum atomic E-state index is -0.892. The number of carboxylic acids is 1. The van der Waals surface area contributed by atoms with Gasteiger partial charge in [0.15, 0.2) is 0 Å². The number of nitrogens with two attached hydrogens (primary N) is 1. The highest BCUT2D eigenvalue weighted by molar-refractivity contribution is 6.00. The molecule has 0 aliphatic carbocycles. The molecule has 0 fully saturated rings. The van der Waals surface area contributed by atoms with Crippen molar-refractivity contribution in [2.45, 2.75) is 13.0 Å². The smallest absolute Gasteiger partial charge is 0.323 e. The second-order valence-corrected chi connectivity index (χ2v) is 4.71. The Labute approximate surface area is 128 Å². The predicted molar refractivity (Wildman–Crippen MR) is 84.8 cm³/mol. The van der Waals surface area contributed by atoms with E-state index in [1.165, 1.54) is 0 Å². The van der Waals surface area contributed by atoms with Gasteiger partial charge in [-0.3, -0.25) is 4.79 Å². The van der Waals surface area contributed by atoms with Gasteiger partial charge < -0.3 is 21.5 Å². The van der Waals surface area contributed by atoms with Gasteiger partial charge in [-0.1, -0.05) is 30.3 Å². The number of carbonyl (C=O) groups is 2. The molecular formula is C16H17N3O3. The molecule has 6 nitrogen and oxygen atoms in total. The van der Waals surface area contributed by atoms with Gasteiger partial charge in [0.25, 0.3) is 0 Å². The number of benzene rings is 2. The Hall–Kier alpha value is -2.86. The van der Waals surface area contributed by atoms with E-state index in [2.05, 4.69) is 10.6 Å². The van der Waals surface area contributed by atoms with Gasteiger partial charge in [-0.25, -0.2) is 4.79 Å². The van der Waals surface area contributed by atoms with Gasteiger partial charge in [-0.05, 0) is 29.3 Å². The summed E-state index contributed by atoms with van der Waals surface area (Å²) in [4.78, 5) is 22.6. The average molecular weight is 299 g/mol. The zero-order chi connectivity index (χ0) is 15.9. The molecule has 2 rings (SSSR count). The van der Waals surface area contributed by atoms with Crippen molar-refractivity contribution in [3.8, 4) is 0 Å². The fourth-order valence-electron chi connectivity index (χ4n) is 1.99. The van der Waals surface area contributed by atoms with Crippen molar-refractivity contribution in [2.24, 2.45) is 5.73 Å². The normalized spacial score (nSPS) is 10.0. The summed E-state index contributed by atoms with van der Waals surface area (Å²) in [6.07, 6.45) is -0.0453. The van der Waals surface area contributed by atoms with Crippen molar-refractivity contribution >= 4 is 23.4 Å². The number of hydrogen-bond acceptors (Lipinski definition) is 3. The van der Waals surface area contributed by atoms with Gasteiger partial charge in [-0.15, -0.1) is 0 Å². The van der Waals surface area contributed by atoms with E-state index in [1.807, 2.05) is 18.2 Å². The number of anilines is 2. The molecule has 22 heavy (non-hydrogen) atoms. The molecule has 0 unspecified atom stereocenters. The lowest BCUT2D eigenvalue weighted by Crippen LogP contribution is -2.20. The SMILES string of the molecule is NCc1ccccc1NC(=O)Nc1ccc(CC(=O)O)cc1. The Morgan fingerprint density at radius 3 is 2.32 bits per heavy atom. The van der Waals surface area contributed by atoms with E-state index >= 15 is 0 Å². The molecule has 0 heterocycles. The van der Waals surface area contributed by atoms with Crippen LogP contribution in [0.15, 0.2) is 48.5 Å². The molecule has 0 aromatic heterocycles. The molecule has 114 valence electrons. The van der Waals surface area contributed by atoms with Gasteiger partial charge in [0.2, 0.25) is 0 Å². The zero-order valence-corrected chi connectivity index (χ0v) is 11.9. The van der Waals surface area contributed by atoms with E-state index in [0.29, 0.717) is 23.5 Å². The van der Waals surface area contributed by atoms with Crippen LogP contribution >= 0.6 is 0 Å². The van der Waals surface area contributed by atoms with Crippen LogP contribution in [0.1, 0.15) is 11.1 Å². The lowest BCUT2D eigenvalue weighted by Gasteiger charge is -2.11. The van der Waals surface area contributed by atoms with Crippen LogP contribution in [-0.2, 0) is 17.8 Å². The minimum Gasteiger partial charge on any atom is -0.481 e. The molecule has 0 saturated carbocycles. The largest absolute Gasteiger partial charge is 0.481 e. The van der Waals surface area contributed by atoms with Crippen molar-refractivity contribution in [1.82, 2.24) is 0 Å². The molecule has 0 radical (unpaired) electrons. The van der Waals surface area contributed by atoms with Crippen molar-refractivity contribution in [3.63, 3.8) is 0 Å². The summed E-state index contributed by atoms with van der Waals surface area (Å²) < 4.78 is 0. The summed E-state index contributed by atoms with van der Waals surface area (Å²) in [6, 6.07) is 13.6. The average Bonchev–Trinajstić information content (AvgIpc) is 2.49. The van der Waals surface area contributed by atoms with E-state index < -0.39 is 5.97 Å². The molecule has 0 aliphatic heterocycles. The molecular weight excluding hydrogens is 282 g/mol. The highest BCUT2D eigenvalue weighted by Crippen LogP contribution is 2.15. The number of urea groups is 1. The number of carboxylic acid groups (broad SMARTS) is 1. The molecule has 2 amide bonds. The first-order chi connectivity index (χ1) is 10.6. The maximum Gasteiger partial charge on any atom is 0.323 e. The number of aliphatic carboxylic acids is 1. The lowest BCUT2D eigenvalue weighted by molar-refractivity contribution is -0.136. The summed E-state index contributed by atoms with van der Waals surface area (Å²) >= 11 is 0. The molecule has 5 N–H and O–H groups in total. The van der Waals surface area contributed by atoms with Crippen LogP contribution in [-0.4, -0.2) is 17.1 Å². The van der Waals surface area contributed by atoms with Crippen molar-refractivity contribution in [3.05, 3.63) is 59.7 Å². The van der Waals surface area contributed by atoms with Gasteiger partial charge in [0, 0.05) is 17.9 Å². The molecule has 2 aromatic rings. The Bertz CT molecular complexity index is 669. The van der Waals surface area contributed by atoms with E-state index in [-0.39, 0.29) is 12.5 Å². The summed E-state index contributed by atoms with van der Waals surface area (Å²) in [7, 11) is 0. The first-order valence-corrected chi connectivity index (χ1v) is 6.75. The van der Waals surface area contributed by atoms with Crippen LogP contribution in [0.3, 0.4) is 0 Å². The Morgan fingerprint density at radius 1 is 1.00 bits per heavy atom. The monoisotopic (exact) mass is 299 g/mol. The quantitative estimate of drug-likeness (QED) is 0.680. The molecule has 0 saturated heterocycles. The molecule has 0 spiro atoms. The molecule has 2 aromatic carbocycles. The molecule has 0 aliphatic rings. The molecule has 6 heteroatoms.